The number of benzene rings is 1. The molecule has 1 N–H and O–H groups in total. The molecule has 2 saturated heterocycles. The molecule has 2 aliphatic rings. The molecule has 132 valence electrons. The molecule has 0 bridgehead atoms. The van der Waals surface area contributed by atoms with Gasteiger partial charge in [-0.05, 0) is 32.1 Å². The van der Waals surface area contributed by atoms with E-state index in [9.17, 15) is 19.5 Å². The maximum Gasteiger partial charge on any atom is 0.327 e. The summed E-state index contributed by atoms with van der Waals surface area (Å²) in [6.07, 6.45) is 1.38. The fourth-order valence-electron chi connectivity index (χ4n) is 3.19. The highest BCUT2D eigenvalue weighted by Gasteiger charge is 2.62. The van der Waals surface area contributed by atoms with Crippen LogP contribution in [0.1, 0.15) is 13.8 Å². The summed E-state index contributed by atoms with van der Waals surface area (Å²) in [7, 11) is -0.582. The van der Waals surface area contributed by atoms with E-state index in [2.05, 4.69) is 5.87 Å². The summed E-state index contributed by atoms with van der Waals surface area (Å²) in [5.41, 5.74) is 0.397. The monoisotopic (exact) mass is 377 g/mol. The van der Waals surface area contributed by atoms with E-state index in [0.29, 0.717) is 5.57 Å². The number of hydrogen-bond donors (Lipinski definition) is 1. The summed E-state index contributed by atoms with van der Waals surface area (Å²) in [5.74, 6) is 2.82. The van der Waals surface area contributed by atoms with Gasteiger partial charge < -0.3 is 10.0 Å². The lowest BCUT2D eigenvalue weighted by atomic mass is 9.95. The van der Waals surface area contributed by atoms with Crippen LogP contribution in [-0.2, 0) is 14.4 Å². The van der Waals surface area contributed by atoms with E-state index in [0.717, 1.165) is 4.90 Å². The average molecular weight is 377 g/mol. The van der Waals surface area contributed by atoms with Crippen molar-refractivity contribution in [2.24, 2.45) is 0 Å². The first-order valence-corrected chi connectivity index (χ1v) is 10.2. The minimum Gasteiger partial charge on any atom is -0.480 e. The lowest BCUT2D eigenvalue weighted by molar-refractivity contribution is -0.152. The smallest absolute Gasteiger partial charge is 0.327 e. The molecule has 3 rings (SSSR count). The molecule has 1 aromatic rings. The van der Waals surface area contributed by atoms with Crippen molar-refractivity contribution in [1.29, 1.82) is 0 Å². The predicted octanol–water partition coefficient (Wildman–Crippen LogP) is 2.39. The van der Waals surface area contributed by atoms with Gasteiger partial charge in [0.1, 0.15) is 11.4 Å². The topological polar surface area (TPSA) is 74.7 Å². The summed E-state index contributed by atoms with van der Waals surface area (Å²) < 4.78 is -0.621. The number of ketones is 1. The van der Waals surface area contributed by atoms with Crippen LogP contribution in [0, 0.1) is 0 Å². The third kappa shape index (κ3) is 2.95. The number of thioether (sulfide) groups is 1. The number of β-lactam (4-membered cyclic amide) rings is 1. The third-order valence-electron chi connectivity index (χ3n) is 4.56. The molecule has 0 radical (unpaired) electrons. The standard InChI is InChI=1S/C18H19NO4S2/c1-18(2)14(17(22)23)19-15(21)13(16(19)25(18)3)9-11(20)10-24-12-7-5-4-6-8-12/h4-9,14,16H,3,10H2,1-2H3,(H,22,23)/t14-,16+,25?/m0/s1. The van der Waals surface area contributed by atoms with Crippen molar-refractivity contribution < 1.29 is 19.5 Å². The maximum absolute atomic E-state index is 12.4. The minimum absolute atomic E-state index is 0.148. The Morgan fingerprint density at radius 1 is 1.36 bits per heavy atom. The number of carboxylic acids is 1. The third-order valence-corrected chi connectivity index (χ3v) is 8.19. The highest BCUT2D eigenvalue weighted by atomic mass is 32.2. The van der Waals surface area contributed by atoms with E-state index in [1.54, 1.807) is 0 Å². The molecule has 0 saturated carbocycles. The highest BCUT2D eigenvalue weighted by Crippen LogP contribution is 2.56. The molecular formula is C18H19NO4S2. The number of rotatable bonds is 5. The SMILES string of the molecule is C=S1[C@@H]2C(=CC(=O)CSc3ccccc3)C(=O)N2[C@@H](C(=O)O)C1(C)C. The van der Waals surface area contributed by atoms with Gasteiger partial charge in [0.2, 0.25) is 0 Å². The summed E-state index contributed by atoms with van der Waals surface area (Å²) in [6.45, 7) is 3.64. The molecule has 0 spiro atoms. The highest BCUT2D eigenvalue weighted by molar-refractivity contribution is 8.16. The maximum atomic E-state index is 12.4. The van der Waals surface area contributed by atoms with Gasteiger partial charge in [0.15, 0.2) is 5.78 Å². The van der Waals surface area contributed by atoms with Gasteiger partial charge in [-0.15, -0.1) is 11.8 Å². The Hall–Kier alpha value is -1.86. The molecule has 3 atom stereocenters. The first kappa shape index (κ1) is 17.9. The Morgan fingerprint density at radius 3 is 2.60 bits per heavy atom. The average Bonchev–Trinajstić information content (AvgIpc) is 2.76. The van der Waals surface area contributed by atoms with Crippen molar-refractivity contribution in [3.8, 4) is 0 Å². The number of carboxylic acid groups (broad SMARTS) is 1. The zero-order chi connectivity index (χ0) is 18.4. The Bertz CT molecular complexity index is 801. The molecule has 2 fully saturated rings. The Balaban J connectivity index is 1.75. The van der Waals surface area contributed by atoms with Crippen molar-refractivity contribution in [1.82, 2.24) is 4.90 Å². The molecule has 2 aliphatic heterocycles. The summed E-state index contributed by atoms with van der Waals surface area (Å²) in [5, 5.41) is 9.11. The number of fused-ring (bicyclic) bond motifs is 1. The second kappa shape index (κ2) is 6.46. The van der Waals surface area contributed by atoms with Crippen molar-refractivity contribution in [3.05, 3.63) is 42.0 Å². The molecule has 7 heteroatoms. The van der Waals surface area contributed by atoms with Crippen molar-refractivity contribution >= 4 is 45.8 Å². The van der Waals surface area contributed by atoms with Crippen LogP contribution in [0.3, 0.4) is 0 Å². The van der Waals surface area contributed by atoms with Crippen LogP contribution in [0.5, 0.6) is 0 Å². The summed E-state index contributed by atoms with van der Waals surface area (Å²) >= 11 is 1.41. The van der Waals surface area contributed by atoms with Gasteiger partial charge in [-0.25, -0.2) is 4.79 Å². The number of carbonyl (C=O) groups is 3. The second-order valence-electron chi connectivity index (χ2n) is 6.51. The molecule has 2 heterocycles. The fourth-order valence-corrected chi connectivity index (χ4v) is 5.98. The number of allylic oxidation sites excluding steroid dienone is 1. The lowest BCUT2D eigenvalue weighted by Gasteiger charge is -2.39. The molecule has 1 amide bonds. The molecule has 25 heavy (non-hydrogen) atoms. The molecule has 0 aliphatic carbocycles. The van der Waals surface area contributed by atoms with E-state index in [1.165, 1.54) is 22.7 Å². The van der Waals surface area contributed by atoms with Crippen LogP contribution in [0.25, 0.3) is 0 Å². The Labute approximate surface area is 153 Å². The van der Waals surface area contributed by atoms with Crippen LogP contribution >= 0.6 is 22.2 Å². The van der Waals surface area contributed by atoms with Gasteiger partial charge in [-0.3, -0.25) is 9.59 Å². The molecule has 1 aromatic carbocycles. The number of hydrogen-bond acceptors (Lipinski definition) is 4. The van der Waals surface area contributed by atoms with Gasteiger partial charge in [-0.2, -0.15) is 10.5 Å². The number of amides is 1. The second-order valence-corrected chi connectivity index (χ2v) is 9.91. The lowest BCUT2D eigenvalue weighted by Crippen LogP contribution is -2.58. The molecular weight excluding hydrogens is 358 g/mol. The first-order chi connectivity index (χ1) is 11.7. The number of carbonyl (C=O) groups excluding carboxylic acids is 2. The van der Waals surface area contributed by atoms with Crippen LogP contribution in [0.4, 0.5) is 0 Å². The van der Waals surface area contributed by atoms with Gasteiger partial charge in [-0.1, -0.05) is 24.1 Å². The van der Waals surface area contributed by atoms with Crippen LogP contribution in [0.2, 0.25) is 0 Å². The Kier molecular flexibility index (Phi) is 4.64. The molecule has 1 unspecified atom stereocenters. The summed E-state index contributed by atoms with van der Waals surface area (Å²) in [4.78, 5) is 38.6. The zero-order valence-electron chi connectivity index (χ0n) is 14.0. The van der Waals surface area contributed by atoms with Crippen LogP contribution < -0.4 is 0 Å². The van der Waals surface area contributed by atoms with Gasteiger partial charge in [0, 0.05) is 9.64 Å². The van der Waals surface area contributed by atoms with Gasteiger partial charge in [0.05, 0.1) is 11.3 Å². The van der Waals surface area contributed by atoms with E-state index in [4.69, 9.17) is 0 Å². The van der Waals surface area contributed by atoms with E-state index < -0.39 is 27.2 Å². The van der Waals surface area contributed by atoms with Crippen molar-refractivity contribution in [2.45, 2.75) is 34.9 Å². The minimum atomic E-state index is -1.02. The Morgan fingerprint density at radius 2 is 2.00 bits per heavy atom. The predicted molar refractivity (Wildman–Crippen MR) is 101 cm³/mol. The number of aliphatic carboxylic acids is 1. The number of nitrogens with zero attached hydrogens (tertiary/aromatic N) is 1. The molecule has 5 nitrogen and oxygen atoms in total. The van der Waals surface area contributed by atoms with Crippen LogP contribution in [-0.4, -0.2) is 55.5 Å². The van der Waals surface area contributed by atoms with Crippen molar-refractivity contribution in [2.75, 3.05) is 5.75 Å². The first-order valence-electron chi connectivity index (χ1n) is 7.75. The van der Waals surface area contributed by atoms with Gasteiger partial charge in [0.25, 0.3) is 5.91 Å². The van der Waals surface area contributed by atoms with Crippen LogP contribution in [0.15, 0.2) is 46.9 Å². The van der Waals surface area contributed by atoms with E-state index in [1.807, 2.05) is 44.2 Å². The van der Waals surface area contributed by atoms with E-state index in [-0.39, 0.29) is 22.8 Å². The summed E-state index contributed by atoms with van der Waals surface area (Å²) in [6, 6.07) is 8.67. The van der Waals surface area contributed by atoms with Gasteiger partial charge >= 0.3 is 5.97 Å². The zero-order valence-corrected chi connectivity index (χ0v) is 15.6. The largest absolute Gasteiger partial charge is 0.480 e. The van der Waals surface area contributed by atoms with Crippen molar-refractivity contribution in [3.63, 3.8) is 0 Å². The molecule has 0 aromatic heterocycles. The van der Waals surface area contributed by atoms with E-state index >= 15 is 0 Å². The normalized spacial score (nSPS) is 28.6. The quantitative estimate of drug-likeness (QED) is 0.369. The fraction of sp³-hybridized carbons (Fsp3) is 0.333.